The third-order valence-electron chi connectivity index (χ3n) is 6.67. The minimum Gasteiger partial charge on any atom is -0.508 e. The molecule has 1 atom stereocenters. The van der Waals surface area contributed by atoms with E-state index >= 15 is 0 Å². The Labute approximate surface area is 227 Å². The number of phenolic OH excluding ortho intramolecular Hbond substituents is 1. The maximum Gasteiger partial charge on any atom is 0.258 e. The van der Waals surface area contributed by atoms with Crippen LogP contribution in [-0.4, -0.2) is 26.8 Å². The van der Waals surface area contributed by atoms with Crippen molar-refractivity contribution in [3.63, 3.8) is 0 Å². The highest BCUT2D eigenvalue weighted by molar-refractivity contribution is 6.01. The van der Waals surface area contributed by atoms with Crippen molar-refractivity contribution in [2.75, 3.05) is 10.6 Å². The van der Waals surface area contributed by atoms with Gasteiger partial charge >= 0.3 is 0 Å². The molecule has 0 spiro atoms. The van der Waals surface area contributed by atoms with Gasteiger partial charge in [-0.3, -0.25) is 14.6 Å². The standard InChI is InChI=1S/C31H30N4O4/c1-19-13-25(33-21(3)36)14-20(2)29(19)39-18-24-15-23(10-11-28(24)37)30-34-27-9-5-4-8-26(27)31(38)35(30)17-22-7-6-12-32-16-22/h4-16,30,34,37H,17-18H2,1-3H3,(H,33,36). The molecule has 3 N–H and O–H groups in total. The van der Waals surface area contributed by atoms with Gasteiger partial charge in [0, 0.05) is 42.8 Å². The number of nitrogens with zero attached hydrogens (tertiary/aromatic N) is 2. The van der Waals surface area contributed by atoms with Gasteiger partial charge in [0.05, 0.1) is 5.56 Å². The van der Waals surface area contributed by atoms with Gasteiger partial charge in [0.2, 0.25) is 5.91 Å². The zero-order valence-electron chi connectivity index (χ0n) is 22.1. The van der Waals surface area contributed by atoms with Crippen molar-refractivity contribution in [3.05, 3.63) is 113 Å². The van der Waals surface area contributed by atoms with E-state index in [0.717, 1.165) is 27.9 Å². The number of amides is 2. The molecule has 3 aromatic carbocycles. The van der Waals surface area contributed by atoms with Crippen molar-refractivity contribution in [1.29, 1.82) is 0 Å². The van der Waals surface area contributed by atoms with E-state index in [4.69, 9.17) is 4.74 Å². The predicted octanol–water partition coefficient (Wildman–Crippen LogP) is 5.71. The fourth-order valence-corrected chi connectivity index (χ4v) is 4.90. The third kappa shape index (κ3) is 5.55. The van der Waals surface area contributed by atoms with Crippen LogP contribution in [0, 0.1) is 13.8 Å². The van der Waals surface area contributed by atoms with E-state index in [9.17, 15) is 14.7 Å². The Kier molecular flexibility index (Phi) is 7.19. The summed E-state index contributed by atoms with van der Waals surface area (Å²) < 4.78 is 6.15. The molecule has 2 amide bonds. The monoisotopic (exact) mass is 522 g/mol. The summed E-state index contributed by atoms with van der Waals surface area (Å²) in [5.74, 6) is 0.561. The van der Waals surface area contributed by atoms with Crippen LogP contribution in [0.3, 0.4) is 0 Å². The molecule has 0 bridgehead atoms. The molecule has 0 aliphatic carbocycles. The number of aryl methyl sites for hydroxylation is 2. The number of carbonyl (C=O) groups excluding carboxylic acids is 2. The van der Waals surface area contributed by atoms with Gasteiger partial charge < -0.3 is 25.4 Å². The Morgan fingerprint density at radius 3 is 2.56 bits per heavy atom. The molecular weight excluding hydrogens is 492 g/mol. The van der Waals surface area contributed by atoms with Gasteiger partial charge in [-0.05, 0) is 78.6 Å². The summed E-state index contributed by atoms with van der Waals surface area (Å²) in [5.41, 5.74) is 6.12. The highest BCUT2D eigenvalue weighted by Crippen LogP contribution is 2.36. The number of hydrogen-bond acceptors (Lipinski definition) is 6. The zero-order valence-corrected chi connectivity index (χ0v) is 22.1. The van der Waals surface area contributed by atoms with E-state index < -0.39 is 6.17 Å². The first-order valence-electron chi connectivity index (χ1n) is 12.7. The van der Waals surface area contributed by atoms with E-state index in [1.807, 2.05) is 74.5 Å². The summed E-state index contributed by atoms with van der Waals surface area (Å²) in [4.78, 5) is 31.0. The lowest BCUT2D eigenvalue weighted by Gasteiger charge is -2.38. The molecular formula is C31H30N4O4. The van der Waals surface area contributed by atoms with Crippen LogP contribution in [0.1, 0.15) is 51.3 Å². The molecule has 1 unspecified atom stereocenters. The van der Waals surface area contributed by atoms with E-state index in [2.05, 4.69) is 15.6 Å². The first kappa shape index (κ1) is 25.8. The number of rotatable bonds is 7. The Morgan fingerprint density at radius 2 is 1.85 bits per heavy atom. The second kappa shape index (κ2) is 10.9. The summed E-state index contributed by atoms with van der Waals surface area (Å²) in [6.07, 6.45) is 2.99. The van der Waals surface area contributed by atoms with Gasteiger partial charge in [0.1, 0.15) is 24.3 Å². The number of carbonyl (C=O) groups is 2. The van der Waals surface area contributed by atoms with Crippen molar-refractivity contribution in [2.45, 2.75) is 40.1 Å². The fourth-order valence-electron chi connectivity index (χ4n) is 4.90. The molecule has 5 rings (SSSR count). The number of para-hydroxylation sites is 1. The number of benzene rings is 3. The van der Waals surface area contributed by atoms with E-state index in [0.29, 0.717) is 29.1 Å². The van der Waals surface area contributed by atoms with Crippen LogP contribution in [0.4, 0.5) is 11.4 Å². The zero-order chi connectivity index (χ0) is 27.5. The number of pyridine rings is 1. The number of phenols is 1. The van der Waals surface area contributed by atoms with Crippen molar-refractivity contribution in [3.8, 4) is 11.5 Å². The van der Waals surface area contributed by atoms with Crippen LogP contribution < -0.4 is 15.4 Å². The number of nitrogens with one attached hydrogen (secondary N) is 2. The molecule has 8 heteroatoms. The molecule has 8 nitrogen and oxygen atoms in total. The summed E-state index contributed by atoms with van der Waals surface area (Å²) in [5, 5.41) is 17.0. The van der Waals surface area contributed by atoms with Crippen LogP contribution in [0.2, 0.25) is 0 Å². The summed E-state index contributed by atoms with van der Waals surface area (Å²) in [6.45, 7) is 5.78. The van der Waals surface area contributed by atoms with E-state index in [-0.39, 0.29) is 24.2 Å². The lowest BCUT2D eigenvalue weighted by Crippen LogP contribution is -2.42. The highest BCUT2D eigenvalue weighted by atomic mass is 16.5. The first-order valence-corrected chi connectivity index (χ1v) is 12.7. The first-order chi connectivity index (χ1) is 18.8. The number of ether oxygens (including phenoxy) is 1. The molecule has 198 valence electrons. The van der Waals surface area contributed by atoms with Gasteiger partial charge in [0.15, 0.2) is 0 Å². The number of anilines is 2. The fraction of sp³-hybridized carbons (Fsp3) is 0.194. The maximum absolute atomic E-state index is 13.6. The predicted molar refractivity (Wildman–Crippen MR) is 150 cm³/mol. The molecule has 0 saturated heterocycles. The number of aromatic hydroxyl groups is 1. The highest BCUT2D eigenvalue weighted by Gasteiger charge is 2.33. The minimum atomic E-state index is -0.465. The third-order valence-corrected chi connectivity index (χ3v) is 6.67. The van der Waals surface area contributed by atoms with Crippen LogP contribution >= 0.6 is 0 Å². The average Bonchev–Trinajstić information content (AvgIpc) is 2.91. The van der Waals surface area contributed by atoms with Gasteiger partial charge in [-0.25, -0.2) is 0 Å². The molecule has 39 heavy (non-hydrogen) atoms. The quantitative estimate of drug-likeness (QED) is 0.287. The Bertz CT molecular complexity index is 1510. The Hall–Kier alpha value is -4.85. The molecule has 0 fully saturated rings. The number of hydrogen-bond donors (Lipinski definition) is 3. The molecule has 1 aliphatic rings. The molecule has 0 saturated carbocycles. The largest absolute Gasteiger partial charge is 0.508 e. The lowest BCUT2D eigenvalue weighted by molar-refractivity contribution is -0.114. The van der Waals surface area contributed by atoms with Crippen LogP contribution in [0.15, 0.2) is 79.1 Å². The smallest absolute Gasteiger partial charge is 0.258 e. The molecule has 1 aliphatic heterocycles. The SMILES string of the molecule is CC(=O)Nc1cc(C)c(OCc2cc(C3Nc4ccccc4C(=O)N3Cc3cccnc3)ccc2O)c(C)c1. The molecule has 0 radical (unpaired) electrons. The maximum atomic E-state index is 13.6. The van der Waals surface area contributed by atoms with Gasteiger partial charge in [-0.2, -0.15) is 0 Å². The van der Waals surface area contributed by atoms with Crippen molar-refractivity contribution in [2.24, 2.45) is 0 Å². The molecule has 2 heterocycles. The van der Waals surface area contributed by atoms with Gasteiger partial charge in [0.25, 0.3) is 5.91 Å². The molecule has 4 aromatic rings. The molecule has 1 aromatic heterocycles. The number of fused-ring (bicyclic) bond motifs is 1. The van der Waals surface area contributed by atoms with Crippen LogP contribution in [-0.2, 0) is 17.9 Å². The summed E-state index contributed by atoms with van der Waals surface area (Å²) >= 11 is 0. The van der Waals surface area contributed by atoms with Crippen LogP contribution in [0.5, 0.6) is 11.5 Å². The van der Waals surface area contributed by atoms with E-state index in [1.54, 1.807) is 23.4 Å². The number of aromatic nitrogens is 1. The van der Waals surface area contributed by atoms with Crippen molar-refractivity contribution in [1.82, 2.24) is 9.88 Å². The Balaban J connectivity index is 1.44. The second-order valence-corrected chi connectivity index (χ2v) is 9.68. The van der Waals surface area contributed by atoms with Gasteiger partial charge in [-0.15, -0.1) is 0 Å². The Morgan fingerprint density at radius 1 is 1.08 bits per heavy atom. The minimum absolute atomic E-state index is 0.0883. The van der Waals surface area contributed by atoms with Crippen molar-refractivity contribution < 1.29 is 19.4 Å². The summed E-state index contributed by atoms with van der Waals surface area (Å²) in [6, 6.07) is 20.2. The normalized spacial score (nSPS) is 14.4. The van der Waals surface area contributed by atoms with Gasteiger partial charge in [-0.1, -0.05) is 24.3 Å². The lowest BCUT2D eigenvalue weighted by atomic mass is 10.0. The topological polar surface area (TPSA) is 104 Å². The van der Waals surface area contributed by atoms with E-state index in [1.165, 1.54) is 6.92 Å². The second-order valence-electron chi connectivity index (χ2n) is 9.68. The van der Waals surface area contributed by atoms with Crippen LogP contribution in [0.25, 0.3) is 0 Å². The average molecular weight is 523 g/mol. The van der Waals surface area contributed by atoms with Crippen molar-refractivity contribution >= 4 is 23.2 Å². The summed E-state index contributed by atoms with van der Waals surface area (Å²) in [7, 11) is 0.